The minimum absolute atomic E-state index is 0.149. The zero-order valence-corrected chi connectivity index (χ0v) is 22.3. The summed E-state index contributed by atoms with van der Waals surface area (Å²) in [5.74, 6) is 0.456. The number of carbonyl (C=O) groups excluding carboxylic acids is 2. The van der Waals surface area contributed by atoms with Gasteiger partial charge in [-0.3, -0.25) is 9.78 Å². The van der Waals surface area contributed by atoms with Crippen LogP contribution in [0.15, 0.2) is 48.8 Å². The summed E-state index contributed by atoms with van der Waals surface area (Å²) < 4.78 is 5.39. The van der Waals surface area contributed by atoms with Crippen LogP contribution in [0, 0.1) is 5.92 Å². The van der Waals surface area contributed by atoms with Crippen LogP contribution in [0.4, 0.5) is 10.5 Å². The van der Waals surface area contributed by atoms with Crippen LogP contribution in [-0.4, -0.2) is 90.1 Å². The van der Waals surface area contributed by atoms with E-state index in [4.69, 9.17) is 4.74 Å². The summed E-state index contributed by atoms with van der Waals surface area (Å²) in [7, 11) is 0. The average molecular weight is 508 g/mol. The van der Waals surface area contributed by atoms with Gasteiger partial charge in [-0.15, -0.1) is 0 Å². The van der Waals surface area contributed by atoms with Crippen LogP contribution in [0.3, 0.4) is 0 Å². The van der Waals surface area contributed by atoms with Crippen LogP contribution >= 0.6 is 0 Å². The van der Waals surface area contributed by atoms with Crippen LogP contribution in [0.5, 0.6) is 0 Å². The minimum Gasteiger partial charge on any atom is -0.378 e. The van der Waals surface area contributed by atoms with E-state index in [0.717, 1.165) is 57.5 Å². The summed E-state index contributed by atoms with van der Waals surface area (Å²) in [6, 6.07) is 12.2. The van der Waals surface area contributed by atoms with Crippen LogP contribution in [0.2, 0.25) is 0 Å². The quantitative estimate of drug-likeness (QED) is 0.552. The van der Waals surface area contributed by atoms with Gasteiger partial charge in [0.05, 0.1) is 18.8 Å². The molecule has 37 heavy (non-hydrogen) atoms. The largest absolute Gasteiger partial charge is 0.378 e. The highest BCUT2D eigenvalue weighted by Crippen LogP contribution is 2.22. The molecule has 2 aromatic rings. The lowest BCUT2D eigenvalue weighted by atomic mass is 9.95. The van der Waals surface area contributed by atoms with Crippen LogP contribution in [0.1, 0.15) is 49.0 Å². The van der Waals surface area contributed by atoms with Crippen molar-refractivity contribution >= 4 is 17.6 Å². The minimum atomic E-state index is -0.149. The highest BCUT2D eigenvalue weighted by atomic mass is 16.5. The first kappa shape index (κ1) is 27.1. The molecule has 2 aliphatic heterocycles. The molecule has 0 radical (unpaired) electrons. The Balaban J connectivity index is 1.28. The molecule has 4 rings (SSSR count). The fourth-order valence-corrected chi connectivity index (χ4v) is 5.32. The molecule has 8 nitrogen and oxygen atoms in total. The number of likely N-dealkylation sites (tertiary alicyclic amines) is 1. The van der Waals surface area contributed by atoms with E-state index >= 15 is 0 Å². The van der Waals surface area contributed by atoms with Crippen molar-refractivity contribution in [3.63, 3.8) is 0 Å². The van der Waals surface area contributed by atoms with Gasteiger partial charge in [-0.25, -0.2) is 4.79 Å². The Bertz CT molecular complexity index is 1000. The van der Waals surface area contributed by atoms with E-state index in [1.807, 2.05) is 21.9 Å². The number of nitrogens with one attached hydrogen (secondary N) is 1. The van der Waals surface area contributed by atoms with Crippen molar-refractivity contribution in [2.24, 2.45) is 5.92 Å². The average Bonchev–Trinajstić information content (AvgIpc) is 2.94. The van der Waals surface area contributed by atoms with Crippen molar-refractivity contribution in [3.8, 4) is 0 Å². The Morgan fingerprint density at radius 1 is 1.11 bits per heavy atom. The summed E-state index contributed by atoms with van der Waals surface area (Å²) in [6.07, 6.45) is 7.38. The first-order chi connectivity index (χ1) is 18.0. The molecule has 8 heteroatoms. The first-order valence-corrected chi connectivity index (χ1v) is 13.7. The molecule has 0 aliphatic carbocycles. The van der Waals surface area contributed by atoms with Crippen molar-refractivity contribution in [1.82, 2.24) is 19.7 Å². The third kappa shape index (κ3) is 7.76. The number of carbonyl (C=O) groups is 2. The van der Waals surface area contributed by atoms with E-state index in [-0.39, 0.29) is 11.9 Å². The molecule has 1 aromatic heterocycles. The van der Waals surface area contributed by atoms with Crippen LogP contribution in [0.25, 0.3) is 0 Å². The molecule has 3 heterocycles. The molecule has 0 bridgehead atoms. The summed E-state index contributed by atoms with van der Waals surface area (Å²) >= 11 is 0. The van der Waals surface area contributed by atoms with Gasteiger partial charge in [-0.05, 0) is 74.9 Å². The molecule has 2 fully saturated rings. The number of nitrogens with zero attached hydrogens (tertiary/aromatic N) is 4. The number of amides is 3. The smallest absolute Gasteiger partial charge is 0.320 e. The molecule has 2 aliphatic rings. The first-order valence-electron chi connectivity index (χ1n) is 13.7. The fraction of sp³-hybridized carbons (Fsp3) is 0.552. The molecule has 0 saturated carbocycles. The Morgan fingerprint density at radius 3 is 2.57 bits per heavy atom. The topological polar surface area (TPSA) is 78.0 Å². The van der Waals surface area contributed by atoms with Gasteiger partial charge in [0.25, 0.3) is 5.91 Å². The van der Waals surface area contributed by atoms with Gasteiger partial charge in [0.2, 0.25) is 0 Å². The number of anilines is 1. The lowest BCUT2D eigenvalue weighted by Gasteiger charge is -2.39. The number of morpholine rings is 1. The van der Waals surface area contributed by atoms with E-state index in [1.54, 1.807) is 24.5 Å². The Kier molecular flexibility index (Phi) is 9.91. The summed E-state index contributed by atoms with van der Waals surface area (Å²) in [6.45, 7) is 11.0. The number of benzene rings is 1. The lowest BCUT2D eigenvalue weighted by Crippen LogP contribution is -2.51. The van der Waals surface area contributed by atoms with Gasteiger partial charge < -0.3 is 24.8 Å². The van der Waals surface area contributed by atoms with E-state index in [2.05, 4.69) is 41.2 Å². The number of aromatic nitrogens is 1. The van der Waals surface area contributed by atoms with Gasteiger partial charge in [0.15, 0.2) is 0 Å². The number of piperidine rings is 1. The van der Waals surface area contributed by atoms with Crippen molar-refractivity contribution in [2.75, 3.05) is 57.8 Å². The van der Waals surface area contributed by atoms with Crippen molar-refractivity contribution in [1.29, 1.82) is 0 Å². The molecule has 2 saturated heterocycles. The van der Waals surface area contributed by atoms with E-state index < -0.39 is 0 Å². The zero-order valence-electron chi connectivity index (χ0n) is 22.3. The summed E-state index contributed by atoms with van der Waals surface area (Å²) in [5, 5.41) is 2.99. The number of urea groups is 1. The number of hydrogen-bond donors (Lipinski definition) is 1. The SMILES string of the molecule is CCCN(CC1CCN(C(=O)N2CCOCC2)CC1)C(C)Cc1cccc(NC(=O)c2cccnc2)c1. The molecule has 1 aromatic carbocycles. The molecule has 1 atom stereocenters. The summed E-state index contributed by atoms with van der Waals surface area (Å²) in [4.78, 5) is 35.9. The normalized spacial score (nSPS) is 17.6. The number of ether oxygens (including phenoxy) is 1. The summed E-state index contributed by atoms with van der Waals surface area (Å²) in [5.41, 5.74) is 2.56. The second kappa shape index (κ2) is 13.5. The number of hydrogen-bond acceptors (Lipinski definition) is 5. The van der Waals surface area contributed by atoms with Crippen LogP contribution < -0.4 is 5.32 Å². The van der Waals surface area contributed by atoms with Crippen molar-refractivity contribution < 1.29 is 14.3 Å². The molecule has 200 valence electrons. The van der Waals surface area contributed by atoms with Gasteiger partial charge in [-0.1, -0.05) is 19.1 Å². The molecule has 1 N–H and O–H groups in total. The number of rotatable bonds is 9. The van der Waals surface area contributed by atoms with E-state index in [9.17, 15) is 9.59 Å². The molecule has 1 unspecified atom stereocenters. The molecular weight excluding hydrogens is 466 g/mol. The predicted molar refractivity (Wildman–Crippen MR) is 146 cm³/mol. The monoisotopic (exact) mass is 507 g/mol. The van der Waals surface area contributed by atoms with Gasteiger partial charge in [0, 0.05) is 56.8 Å². The number of pyridine rings is 1. The Labute approximate surface area is 221 Å². The third-order valence-electron chi connectivity index (χ3n) is 7.43. The lowest BCUT2D eigenvalue weighted by molar-refractivity contribution is 0.0386. The van der Waals surface area contributed by atoms with Crippen molar-refractivity contribution in [2.45, 2.75) is 45.6 Å². The second-order valence-corrected chi connectivity index (χ2v) is 10.3. The highest BCUT2D eigenvalue weighted by Gasteiger charge is 2.28. The second-order valence-electron chi connectivity index (χ2n) is 10.3. The van der Waals surface area contributed by atoms with Gasteiger partial charge in [0.1, 0.15) is 0 Å². The highest BCUT2D eigenvalue weighted by molar-refractivity contribution is 6.04. The molecular formula is C29H41N5O3. The standard InChI is InChI=1S/C29H41N5O3/c1-3-12-34(22-24-9-13-32(14-10-24)29(36)33-15-17-37-18-16-33)23(2)19-25-6-4-8-27(20-25)31-28(35)26-7-5-11-30-21-26/h4-8,11,20-21,23-24H,3,9-10,12-19,22H2,1-2H3,(H,31,35). The van der Waals surface area contributed by atoms with Gasteiger partial charge >= 0.3 is 6.03 Å². The van der Waals surface area contributed by atoms with Gasteiger partial charge in [-0.2, -0.15) is 0 Å². The molecule has 3 amide bonds. The van der Waals surface area contributed by atoms with E-state index in [0.29, 0.717) is 43.8 Å². The van der Waals surface area contributed by atoms with Crippen molar-refractivity contribution in [3.05, 3.63) is 59.9 Å². The van der Waals surface area contributed by atoms with E-state index in [1.165, 1.54) is 5.56 Å². The maximum absolute atomic E-state index is 12.8. The Hall–Kier alpha value is -2.97. The Morgan fingerprint density at radius 2 is 1.86 bits per heavy atom. The maximum Gasteiger partial charge on any atom is 0.320 e. The third-order valence-corrected chi connectivity index (χ3v) is 7.43. The maximum atomic E-state index is 12.8. The fourth-order valence-electron chi connectivity index (χ4n) is 5.32. The van der Waals surface area contributed by atoms with Crippen LogP contribution in [-0.2, 0) is 11.2 Å². The predicted octanol–water partition coefficient (Wildman–Crippen LogP) is 4.14. The zero-order chi connectivity index (χ0) is 26.0. The molecule has 0 spiro atoms.